The molecule has 0 bridgehead atoms. The van der Waals surface area contributed by atoms with Gasteiger partial charge in [-0.25, -0.2) is 4.98 Å². The fourth-order valence-electron chi connectivity index (χ4n) is 1.56. The number of aromatic nitrogens is 1. The largest absolute Gasteiger partial charge is 0.365 e. The average molecular weight is 232 g/mol. The maximum atomic E-state index is 4.48. The van der Waals surface area contributed by atoms with E-state index in [1.807, 2.05) is 7.05 Å². The first-order chi connectivity index (χ1) is 7.70. The molecular weight excluding hydrogens is 216 g/mol. The van der Waals surface area contributed by atoms with E-state index in [0.29, 0.717) is 5.92 Å². The highest BCUT2D eigenvalue weighted by Crippen LogP contribution is 2.26. The number of rotatable bonds is 3. The molecular formula is C13H16N2S. The molecule has 0 aliphatic carbocycles. The number of nitrogens with one attached hydrogen (secondary N) is 1. The molecule has 0 saturated carbocycles. The first-order valence-corrected chi connectivity index (χ1v) is 6.32. The van der Waals surface area contributed by atoms with Crippen molar-refractivity contribution in [1.82, 2.24) is 4.98 Å². The average Bonchev–Trinajstić information content (AvgIpc) is 2.77. The van der Waals surface area contributed by atoms with Crippen LogP contribution in [0.1, 0.15) is 25.3 Å². The summed E-state index contributed by atoms with van der Waals surface area (Å²) in [4.78, 5) is 4.48. The summed E-state index contributed by atoms with van der Waals surface area (Å²) in [5.74, 6) is 0.581. The van der Waals surface area contributed by atoms with Gasteiger partial charge in [-0.1, -0.05) is 38.1 Å². The van der Waals surface area contributed by atoms with Crippen molar-refractivity contribution in [2.24, 2.45) is 0 Å². The highest BCUT2D eigenvalue weighted by Gasteiger charge is 2.04. The minimum atomic E-state index is 0.581. The Kier molecular flexibility index (Phi) is 3.25. The van der Waals surface area contributed by atoms with Gasteiger partial charge in [0.2, 0.25) is 0 Å². The molecule has 0 radical (unpaired) electrons. The number of thiazole rings is 1. The Bertz CT molecular complexity index is 457. The van der Waals surface area contributed by atoms with Crippen LogP contribution >= 0.6 is 11.3 Å². The van der Waals surface area contributed by atoms with Gasteiger partial charge in [-0.15, -0.1) is 11.3 Å². The fourth-order valence-corrected chi connectivity index (χ4v) is 2.24. The van der Waals surface area contributed by atoms with Crippen LogP contribution < -0.4 is 5.32 Å². The quantitative estimate of drug-likeness (QED) is 0.866. The smallest absolute Gasteiger partial charge is 0.182 e. The molecule has 16 heavy (non-hydrogen) atoms. The molecule has 0 aliphatic rings. The van der Waals surface area contributed by atoms with E-state index in [4.69, 9.17) is 0 Å². The minimum absolute atomic E-state index is 0.581. The normalized spacial score (nSPS) is 10.8. The fraction of sp³-hybridized carbons (Fsp3) is 0.308. The van der Waals surface area contributed by atoms with Crippen molar-refractivity contribution >= 4 is 16.5 Å². The zero-order chi connectivity index (χ0) is 11.5. The molecule has 0 aliphatic heterocycles. The molecule has 1 aromatic heterocycles. The van der Waals surface area contributed by atoms with Gasteiger partial charge in [0.15, 0.2) is 5.13 Å². The molecule has 0 atom stereocenters. The van der Waals surface area contributed by atoms with Crippen molar-refractivity contribution in [2.75, 3.05) is 12.4 Å². The highest BCUT2D eigenvalue weighted by molar-refractivity contribution is 7.14. The third kappa shape index (κ3) is 2.25. The Morgan fingerprint density at radius 3 is 2.38 bits per heavy atom. The van der Waals surface area contributed by atoms with Crippen LogP contribution in [0.2, 0.25) is 0 Å². The van der Waals surface area contributed by atoms with Crippen molar-refractivity contribution in [3.8, 4) is 11.3 Å². The van der Waals surface area contributed by atoms with Crippen LogP contribution in [0.5, 0.6) is 0 Å². The summed E-state index contributed by atoms with van der Waals surface area (Å²) in [5, 5.41) is 6.09. The highest BCUT2D eigenvalue weighted by atomic mass is 32.1. The molecule has 0 amide bonds. The van der Waals surface area contributed by atoms with E-state index >= 15 is 0 Å². The van der Waals surface area contributed by atoms with E-state index in [0.717, 1.165) is 10.8 Å². The molecule has 1 aromatic carbocycles. The monoisotopic (exact) mass is 232 g/mol. The van der Waals surface area contributed by atoms with Crippen LogP contribution in [0.3, 0.4) is 0 Å². The molecule has 1 N–H and O–H groups in total. The molecule has 3 heteroatoms. The van der Waals surface area contributed by atoms with Crippen LogP contribution in [0, 0.1) is 0 Å². The van der Waals surface area contributed by atoms with Crippen molar-refractivity contribution in [2.45, 2.75) is 19.8 Å². The Morgan fingerprint density at radius 1 is 1.19 bits per heavy atom. The third-order valence-corrected chi connectivity index (χ3v) is 3.45. The van der Waals surface area contributed by atoms with Crippen LogP contribution in [-0.2, 0) is 0 Å². The maximum Gasteiger partial charge on any atom is 0.182 e. The summed E-state index contributed by atoms with van der Waals surface area (Å²) < 4.78 is 0. The van der Waals surface area contributed by atoms with E-state index in [1.165, 1.54) is 11.1 Å². The summed E-state index contributed by atoms with van der Waals surface area (Å²) >= 11 is 1.63. The summed E-state index contributed by atoms with van der Waals surface area (Å²) in [5.41, 5.74) is 3.60. The molecule has 1 heterocycles. The molecule has 0 saturated heterocycles. The Morgan fingerprint density at radius 2 is 1.88 bits per heavy atom. The second-order valence-corrected chi connectivity index (χ2v) is 4.92. The molecule has 0 fully saturated rings. The van der Waals surface area contributed by atoms with Gasteiger partial charge in [0.25, 0.3) is 0 Å². The standard InChI is InChI=1S/C13H16N2S/c1-9(2)10-4-6-11(7-5-10)12-8-16-13(14-3)15-12/h4-9H,1-3H3,(H,14,15). The first-order valence-electron chi connectivity index (χ1n) is 5.44. The number of nitrogens with zero attached hydrogens (tertiary/aromatic N) is 1. The number of hydrogen-bond acceptors (Lipinski definition) is 3. The first kappa shape index (κ1) is 11.1. The number of hydrogen-bond donors (Lipinski definition) is 1. The zero-order valence-electron chi connectivity index (χ0n) is 9.82. The Labute approximate surface area is 100 Å². The molecule has 84 valence electrons. The van der Waals surface area contributed by atoms with Gasteiger partial charge in [-0.05, 0) is 11.5 Å². The molecule has 2 aromatic rings. The van der Waals surface area contributed by atoms with Gasteiger partial charge < -0.3 is 5.32 Å². The second kappa shape index (κ2) is 4.66. The number of benzene rings is 1. The van der Waals surface area contributed by atoms with Gasteiger partial charge in [-0.2, -0.15) is 0 Å². The van der Waals surface area contributed by atoms with E-state index < -0.39 is 0 Å². The van der Waals surface area contributed by atoms with Crippen LogP contribution in [0.15, 0.2) is 29.6 Å². The van der Waals surface area contributed by atoms with E-state index in [9.17, 15) is 0 Å². The summed E-state index contributed by atoms with van der Waals surface area (Å²) in [6.07, 6.45) is 0. The van der Waals surface area contributed by atoms with E-state index in [-0.39, 0.29) is 0 Å². The van der Waals surface area contributed by atoms with Gasteiger partial charge >= 0.3 is 0 Å². The number of anilines is 1. The molecule has 2 nitrogen and oxygen atoms in total. The summed E-state index contributed by atoms with van der Waals surface area (Å²) in [7, 11) is 1.89. The Hall–Kier alpha value is -1.35. The topological polar surface area (TPSA) is 24.9 Å². The lowest BCUT2D eigenvalue weighted by Crippen LogP contribution is -1.88. The van der Waals surface area contributed by atoms with Crippen molar-refractivity contribution in [1.29, 1.82) is 0 Å². The van der Waals surface area contributed by atoms with E-state index in [1.54, 1.807) is 11.3 Å². The molecule has 0 spiro atoms. The lowest BCUT2D eigenvalue weighted by atomic mass is 10.0. The lowest BCUT2D eigenvalue weighted by Gasteiger charge is -2.05. The zero-order valence-corrected chi connectivity index (χ0v) is 10.6. The molecule has 0 unspecified atom stereocenters. The summed E-state index contributed by atoms with van der Waals surface area (Å²) in [6, 6.07) is 8.64. The maximum absolute atomic E-state index is 4.48. The van der Waals surface area contributed by atoms with Crippen LogP contribution in [0.25, 0.3) is 11.3 Å². The lowest BCUT2D eigenvalue weighted by molar-refractivity contribution is 0.867. The van der Waals surface area contributed by atoms with Crippen LogP contribution in [-0.4, -0.2) is 12.0 Å². The molecule has 2 rings (SSSR count). The van der Waals surface area contributed by atoms with Crippen molar-refractivity contribution < 1.29 is 0 Å². The second-order valence-electron chi connectivity index (χ2n) is 4.06. The minimum Gasteiger partial charge on any atom is -0.365 e. The van der Waals surface area contributed by atoms with E-state index in [2.05, 4.69) is 53.8 Å². The predicted octanol–water partition coefficient (Wildman–Crippen LogP) is 3.98. The Balaban J connectivity index is 2.27. The third-order valence-electron chi connectivity index (χ3n) is 2.59. The predicted molar refractivity (Wildman–Crippen MR) is 71.2 cm³/mol. The van der Waals surface area contributed by atoms with Gasteiger partial charge in [0, 0.05) is 18.0 Å². The van der Waals surface area contributed by atoms with Gasteiger partial charge in [-0.3, -0.25) is 0 Å². The van der Waals surface area contributed by atoms with Crippen molar-refractivity contribution in [3.63, 3.8) is 0 Å². The van der Waals surface area contributed by atoms with Gasteiger partial charge in [0.1, 0.15) is 0 Å². The summed E-state index contributed by atoms with van der Waals surface area (Å²) in [6.45, 7) is 4.41. The van der Waals surface area contributed by atoms with Gasteiger partial charge in [0.05, 0.1) is 5.69 Å². The SMILES string of the molecule is CNc1nc(-c2ccc(C(C)C)cc2)cs1. The van der Waals surface area contributed by atoms with Crippen LogP contribution in [0.4, 0.5) is 5.13 Å². The van der Waals surface area contributed by atoms with Crippen molar-refractivity contribution in [3.05, 3.63) is 35.2 Å².